The molecule has 2 fully saturated rings. The predicted molar refractivity (Wildman–Crippen MR) is 104 cm³/mol. The van der Waals surface area contributed by atoms with Gasteiger partial charge in [0.2, 0.25) is 5.75 Å². The number of carbonyl (C=O) groups is 1. The normalized spacial score (nSPS) is 32.1. The van der Waals surface area contributed by atoms with Gasteiger partial charge < -0.3 is 19.3 Å². The maximum atomic E-state index is 13.1. The first-order valence-corrected chi connectivity index (χ1v) is 9.59. The van der Waals surface area contributed by atoms with Crippen LogP contribution < -0.4 is 14.2 Å². The first-order valence-electron chi connectivity index (χ1n) is 9.59. The zero-order valence-electron chi connectivity index (χ0n) is 16.9. The van der Waals surface area contributed by atoms with Crippen molar-refractivity contribution in [1.82, 2.24) is 0 Å². The second-order valence-corrected chi connectivity index (χ2v) is 7.98. The number of fused-ring (bicyclic) bond motifs is 1. The minimum absolute atomic E-state index is 0.0870. The number of benzene rings is 1. The summed E-state index contributed by atoms with van der Waals surface area (Å²) in [6.07, 6.45) is 4.90. The third kappa shape index (κ3) is 3.22. The molecule has 2 saturated carbocycles. The Kier molecular flexibility index (Phi) is 5.52. The molecule has 2 aliphatic carbocycles. The van der Waals surface area contributed by atoms with E-state index in [9.17, 15) is 9.90 Å². The number of hydrogen-bond acceptors (Lipinski definition) is 5. The predicted octanol–water partition coefficient (Wildman–Crippen LogP) is 3.87. The van der Waals surface area contributed by atoms with E-state index in [1.807, 2.05) is 25.1 Å². The van der Waals surface area contributed by atoms with Gasteiger partial charge >= 0.3 is 0 Å². The largest absolute Gasteiger partial charge is 0.493 e. The van der Waals surface area contributed by atoms with Gasteiger partial charge in [-0.25, -0.2) is 0 Å². The quantitative estimate of drug-likeness (QED) is 0.811. The van der Waals surface area contributed by atoms with Crippen LogP contribution in [0.25, 0.3) is 6.08 Å². The van der Waals surface area contributed by atoms with E-state index in [-0.39, 0.29) is 29.1 Å². The fourth-order valence-corrected chi connectivity index (χ4v) is 5.03. The lowest BCUT2D eigenvalue weighted by molar-refractivity contribution is -0.133. The molecular formula is C22H30O5. The lowest BCUT2D eigenvalue weighted by Gasteiger charge is -2.51. The second kappa shape index (κ2) is 7.55. The van der Waals surface area contributed by atoms with E-state index < -0.39 is 0 Å². The molecule has 5 heteroatoms. The Morgan fingerprint density at radius 1 is 1.11 bits per heavy atom. The van der Waals surface area contributed by atoms with Crippen LogP contribution in [0, 0.1) is 17.3 Å². The molecule has 3 rings (SSSR count). The first kappa shape index (κ1) is 19.7. The standard InChI is InChI=1S/C22H30O5/c1-13-16-7-6-8-18(23)22(16,2)12-15(19(13)24)11-14-9-10-17(25-3)21(27-5)20(14)26-4/h9-11,13,16,18,23H,6-8,12H2,1-5H3/t13?,16?,18-,22-/m0/s1. The van der Waals surface area contributed by atoms with Crippen LogP contribution in [-0.2, 0) is 4.79 Å². The van der Waals surface area contributed by atoms with Gasteiger partial charge in [0.25, 0.3) is 0 Å². The van der Waals surface area contributed by atoms with E-state index in [2.05, 4.69) is 6.92 Å². The summed E-state index contributed by atoms with van der Waals surface area (Å²) in [5, 5.41) is 10.7. The lowest BCUT2D eigenvalue weighted by Crippen LogP contribution is -2.51. The van der Waals surface area contributed by atoms with E-state index >= 15 is 0 Å². The van der Waals surface area contributed by atoms with Gasteiger partial charge in [0, 0.05) is 16.9 Å². The minimum atomic E-state index is -0.373. The van der Waals surface area contributed by atoms with Crippen LogP contribution in [0.5, 0.6) is 17.2 Å². The Balaban J connectivity index is 2.05. The fourth-order valence-electron chi connectivity index (χ4n) is 5.03. The van der Waals surface area contributed by atoms with Crippen LogP contribution in [0.15, 0.2) is 17.7 Å². The summed E-state index contributed by atoms with van der Waals surface area (Å²) >= 11 is 0. The molecule has 1 aromatic carbocycles. The number of ketones is 1. The maximum Gasteiger partial charge on any atom is 0.203 e. The van der Waals surface area contributed by atoms with Crippen LogP contribution >= 0.6 is 0 Å². The average Bonchev–Trinajstić information content (AvgIpc) is 2.67. The molecule has 2 unspecified atom stereocenters. The van der Waals surface area contributed by atoms with Gasteiger partial charge in [0.15, 0.2) is 17.3 Å². The SMILES string of the molecule is COc1ccc(C=C2C[C@@]3(C)C(CCC[C@@H]3O)C(C)C2=O)c(OC)c1OC. The van der Waals surface area contributed by atoms with Crippen molar-refractivity contribution in [1.29, 1.82) is 0 Å². The van der Waals surface area contributed by atoms with Crippen LogP contribution in [0.3, 0.4) is 0 Å². The Hall–Kier alpha value is -2.01. The highest BCUT2D eigenvalue weighted by Crippen LogP contribution is 2.53. The summed E-state index contributed by atoms with van der Waals surface area (Å²) in [5.41, 5.74) is 1.26. The molecule has 5 nitrogen and oxygen atoms in total. The molecule has 0 saturated heterocycles. The third-order valence-electron chi connectivity index (χ3n) is 6.57. The molecule has 148 valence electrons. The van der Waals surface area contributed by atoms with Crippen LogP contribution in [-0.4, -0.2) is 38.3 Å². The zero-order valence-corrected chi connectivity index (χ0v) is 16.9. The Bertz CT molecular complexity index is 753. The van der Waals surface area contributed by atoms with Crippen LogP contribution in [0.2, 0.25) is 0 Å². The van der Waals surface area contributed by atoms with Gasteiger partial charge in [-0.2, -0.15) is 0 Å². The number of aliphatic hydroxyl groups excluding tert-OH is 1. The number of allylic oxidation sites excluding steroid dienone is 1. The van der Waals surface area contributed by atoms with Crippen molar-refractivity contribution in [3.63, 3.8) is 0 Å². The Morgan fingerprint density at radius 2 is 1.81 bits per heavy atom. The average molecular weight is 374 g/mol. The number of aliphatic hydroxyl groups is 1. The smallest absolute Gasteiger partial charge is 0.203 e. The fraction of sp³-hybridized carbons (Fsp3) is 0.591. The molecule has 0 radical (unpaired) electrons. The lowest BCUT2D eigenvalue weighted by atomic mass is 9.54. The van der Waals surface area contributed by atoms with Gasteiger partial charge in [-0.05, 0) is 49.0 Å². The topological polar surface area (TPSA) is 65.0 Å². The number of rotatable bonds is 4. The van der Waals surface area contributed by atoms with Crippen molar-refractivity contribution in [2.75, 3.05) is 21.3 Å². The molecule has 27 heavy (non-hydrogen) atoms. The van der Waals surface area contributed by atoms with Crippen LogP contribution in [0.4, 0.5) is 0 Å². The molecule has 0 amide bonds. The Morgan fingerprint density at radius 3 is 2.44 bits per heavy atom. The molecule has 0 heterocycles. The molecule has 4 atom stereocenters. The van der Waals surface area contributed by atoms with Crippen molar-refractivity contribution >= 4 is 11.9 Å². The van der Waals surface area contributed by atoms with E-state index in [0.29, 0.717) is 23.7 Å². The summed E-state index contributed by atoms with van der Waals surface area (Å²) in [6, 6.07) is 3.68. The van der Waals surface area contributed by atoms with Crippen molar-refractivity contribution in [3.8, 4) is 17.2 Å². The van der Waals surface area contributed by atoms with Crippen molar-refractivity contribution in [3.05, 3.63) is 23.3 Å². The molecule has 0 bridgehead atoms. The summed E-state index contributed by atoms with van der Waals surface area (Å²) in [5.74, 6) is 1.95. The van der Waals surface area contributed by atoms with Gasteiger partial charge in [0.05, 0.1) is 27.4 Å². The second-order valence-electron chi connectivity index (χ2n) is 7.98. The molecule has 0 aliphatic heterocycles. The van der Waals surface area contributed by atoms with Gasteiger partial charge in [-0.1, -0.05) is 20.3 Å². The molecular weight excluding hydrogens is 344 g/mol. The summed E-state index contributed by atoms with van der Waals surface area (Å²) < 4.78 is 16.3. The summed E-state index contributed by atoms with van der Waals surface area (Å²) in [7, 11) is 4.72. The van der Waals surface area contributed by atoms with Gasteiger partial charge in [-0.15, -0.1) is 0 Å². The zero-order chi connectivity index (χ0) is 19.8. The molecule has 0 spiro atoms. The summed E-state index contributed by atoms with van der Waals surface area (Å²) in [4.78, 5) is 13.1. The van der Waals surface area contributed by atoms with E-state index in [4.69, 9.17) is 14.2 Å². The maximum absolute atomic E-state index is 13.1. The van der Waals surface area contributed by atoms with Gasteiger partial charge in [-0.3, -0.25) is 4.79 Å². The number of carbonyl (C=O) groups excluding carboxylic acids is 1. The van der Waals surface area contributed by atoms with E-state index in [0.717, 1.165) is 30.4 Å². The van der Waals surface area contributed by atoms with Crippen molar-refractivity contribution in [2.45, 2.75) is 45.6 Å². The monoisotopic (exact) mass is 374 g/mol. The number of ether oxygens (including phenoxy) is 3. The summed E-state index contributed by atoms with van der Waals surface area (Å²) in [6.45, 7) is 4.13. The Labute approximate surface area is 161 Å². The number of hydrogen-bond donors (Lipinski definition) is 1. The van der Waals surface area contributed by atoms with Gasteiger partial charge in [0.1, 0.15) is 0 Å². The third-order valence-corrected chi connectivity index (χ3v) is 6.57. The highest BCUT2D eigenvalue weighted by molar-refractivity contribution is 6.02. The van der Waals surface area contributed by atoms with E-state index in [1.54, 1.807) is 21.3 Å². The molecule has 2 aliphatic rings. The number of Topliss-reactive ketones (excluding diaryl/α,β-unsaturated/α-hetero) is 1. The highest BCUT2D eigenvalue weighted by Gasteiger charge is 2.51. The molecule has 1 aromatic rings. The number of methoxy groups -OCH3 is 3. The molecule has 0 aromatic heterocycles. The minimum Gasteiger partial charge on any atom is -0.493 e. The van der Waals surface area contributed by atoms with Crippen molar-refractivity contribution < 1.29 is 24.1 Å². The van der Waals surface area contributed by atoms with Crippen LogP contribution in [0.1, 0.15) is 45.1 Å². The first-order chi connectivity index (χ1) is 12.9. The van der Waals surface area contributed by atoms with E-state index in [1.165, 1.54) is 0 Å². The highest BCUT2D eigenvalue weighted by atomic mass is 16.5. The van der Waals surface area contributed by atoms with Crippen molar-refractivity contribution in [2.24, 2.45) is 17.3 Å². The molecule has 1 N–H and O–H groups in total.